The molecule has 4 nitrogen and oxygen atoms in total. The van der Waals surface area contributed by atoms with Gasteiger partial charge in [0.1, 0.15) is 11.9 Å². The summed E-state index contributed by atoms with van der Waals surface area (Å²) in [5.41, 5.74) is 1.01. The van der Waals surface area contributed by atoms with Crippen molar-refractivity contribution in [3.8, 4) is 5.75 Å². The van der Waals surface area contributed by atoms with Crippen LogP contribution in [0, 0.1) is 6.92 Å². The van der Waals surface area contributed by atoms with Crippen molar-refractivity contribution in [2.75, 3.05) is 19.7 Å². The fourth-order valence-corrected chi connectivity index (χ4v) is 1.42. The summed E-state index contributed by atoms with van der Waals surface area (Å²) in [6.07, 6.45) is 0.0213. The maximum absolute atomic E-state index is 11.4. The van der Waals surface area contributed by atoms with E-state index in [0.29, 0.717) is 0 Å². The van der Waals surface area contributed by atoms with Crippen molar-refractivity contribution in [3.63, 3.8) is 0 Å². The number of hydrogen-bond acceptors (Lipinski definition) is 4. The largest absolute Gasteiger partial charge is 0.482 e. The van der Waals surface area contributed by atoms with Gasteiger partial charge in [0.25, 0.3) is 0 Å². The van der Waals surface area contributed by atoms with Gasteiger partial charge in [-0.25, -0.2) is 4.79 Å². The number of esters is 1. The lowest BCUT2D eigenvalue weighted by atomic mass is 10.2. The minimum Gasteiger partial charge on any atom is -0.482 e. The number of rotatable bonds is 4. The summed E-state index contributed by atoms with van der Waals surface area (Å²) in [5, 5.41) is 3.03. The van der Waals surface area contributed by atoms with Crippen LogP contribution in [0.25, 0.3) is 0 Å². The van der Waals surface area contributed by atoms with E-state index in [0.717, 1.165) is 24.4 Å². The molecule has 0 bridgehead atoms. The standard InChI is InChI=1S/C12H15NO3/c1-9-4-2-3-5-11(9)15-8-12(14)16-10-6-13-7-10/h2-5,10,13H,6-8H2,1H3. The molecule has 1 heterocycles. The topological polar surface area (TPSA) is 47.6 Å². The molecule has 16 heavy (non-hydrogen) atoms. The first-order valence-corrected chi connectivity index (χ1v) is 5.34. The van der Waals surface area contributed by atoms with E-state index in [1.165, 1.54) is 0 Å². The number of aryl methyl sites for hydroxylation is 1. The number of carbonyl (C=O) groups excluding carboxylic acids is 1. The molecule has 1 aromatic carbocycles. The molecular formula is C12H15NO3. The van der Waals surface area contributed by atoms with Crippen LogP contribution in [0.3, 0.4) is 0 Å². The average molecular weight is 221 g/mol. The Bertz CT molecular complexity index is 374. The van der Waals surface area contributed by atoms with Crippen LogP contribution in [-0.4, -0.2) is 31.8 Å². The van der Waals surface area contributed by atoms with Crippen LogP contribution in [0.4, 0.5) is 0 Å². The van der Waals surface area contributed by atoms with Crippen LogP contribution >= 0.6 is 0 Å². The molecule has 0 saturated carbocycles. The Morgan fingerprint density at radius 1 is 1.44 bits per heavy atom. The van der Waals surface area contributed by atoms with Gasteiger partial charge in [0.15, 0.2) is 6.61 Å². The highest BCUT2D eigenvalue weighted by Crippen LogP contribution is 2.16. The zero-order chi connectivity index (χ0) is 11.4. The number of carbonyl (C=O) groups is 1. The summed E-state index contributed by atoms with van der Waals surface area (Å²) in [6.45, 7) is 3.41. The molecule has 0 amide bonds. The first-order valence-electron chi connectivity index (χ1n) is 5.34. The molecule has 1 aliphatic rings. The van der Waals surface area contributed by atoms with Gasteiger partial charge >= 0.3 is 5.97 Å². The Labute approximate surface area is 94.6 Å². The monoisotopic (exact) mass is 221 g/mol. The van der Waals surface area contributed by atoms with Gasteiger partial charge in [-0.05, 0) is 18.6 Å². The quantitative estimate of drug-likeness (QED) is 0.767. The molecule has 1 fully saturated rings. The van der Waals surface area contributed by atoms with Gasteiger partial charge in [-0.2, -0.15) is 0 Å². The molecule has 0 aromatic heterocycles. The maximum atomic E-state index is 11.4. The molecule has 1 aliphatic heterocycles. The van der Waals surface area contributed by atoms with Crippen LogP contribution in [0.2, 0.25) is 0 Å². The predicted octanol–water partition coefficient (Wildman–Crippen LogP) is 0.889. The number of ether oxygens (including phenoxy) is 2. The first kappa shape index (κ1) is 11.0. The molecule has 0 atom stereocenters. The molecule has 0 unspecified atom stereocenters. The normalized spacial score (nSPS) is 15.3. The summed E-state index contributed by atoms with van der Waals surface area (Å²) < 4.78 is 10.5. The molecule has 4 heteroatoms. The Morgan fingerprint density at radius 3 is 2.81 bits per heavy atom. The van der Waals surface area contributed by atoms with Crippen molar-refractivity contribution >= 4 is 5.97 Å². The SMILES string of the molecule is Cc1ccccc1OCC(=O)OC1CNC1. The summed E-state index contributed by atoms with van der Waals surface area (Å²) in [5.74, 6) is 0.418. The minimum atomic E-state index is -0.310. The number of benzene rings is 1. The summed E-state index contributed by atoms with van der Waals surface area (Å²) >= 11 is 0. The van der Waals surface area contributed by atoms with Crippen molar-refractivity contribution in [2.24, 2.45) is 0 Å². The average Bonchev–Trinajstić information content (AvgIpc) is 2.22. The van der Waals surface area contributed by atoms with E-state index >= 15 is 0 Å². The molecule has 0 aliphatic carbocycles. The fraction of sp³-hybridized carbons (Fsp3) is 0.417. The van der Waals surface area contributed by atoms with E-state index in [1.54, 1.807) is 0 Å². The second kappa shape index (κ2) is 4.99. The molecule has 1 N–H and O–H groups in total. The highest BCUT2D eigenvalue weighted by atomic mass is 16.6. The van der Waals surface area contributed by atoms with Gasteiger partial charge in [0.2, 0.25) is 0 Å². The third-order valence-corrected chi connectivity index (χ3v) is 2.48. The van der Waals surface area contributed by atoms with E-state index in [9.17, 15) is 4.79 Å². The van der Waals surface area contributed by atoms with Crippen LogP contribution in [0.5, 0.6) is 5.75 Å². The van der Waals surface area contributed by atoms with Crippen molar-refractivity contribution < 1.29 is 14.3 Å². The molecule has 0 radical (unpaired) electrons. The smallest absolute Gasteiger partial charge is 0.344 e. The van der Waals surface area contributed by atoms with Crippen LogP contribution in [0.15, 0.2) is 24.3 Å². The van der Waals surface area contributed by atoms with Crippen molar-refractivity contribution in [1.82, 2.24) is 5.32 Å². The lowest BCUT2D eigenvalue weighted by Gasteiger charge is -2.26. The summed E-state index contributed by atoms with van der Waals surface area (Å²) in [4.78, 5) is 11.4. The van der Waals surface area contributed by atoms with Crippen LogP contribution in [0.1, 0.15) is 5.56 Å². The van der Waals surface area contributed by atoms with Crippen molar-refractivity contribution in [1.29, 1.82) is 0 Å². The second-order valence-electron chi connectivity index (χ2n) is 3.82. The molecular weight excluding hydrogens is 206 g/mol. The summed E-state index contributed by atoms with van der Waals surface area (Å²) in [6, 6.07) is 7.59. The van der Waals surface area contributed by atoms with Crippen LogP contribution in [-0.2, 0) is 9.53 Å². The fourth-order valence-electron chi connectivity index (χ4n) is 1.42. The van der Waals surface area contributed by atoms with E-state index in [2.05, 4.69) is 5.32 Å². The predicted molar refractivity (Wildman–Crippen MR) is 59.4 cm³/mol. The van der Waals surface area contributed by atoms with Gasteiger partial charge in [-0.3, -0.25) is 0 Å². The van der Waals surface area contributed by atoms with Gasteiger partial charge in [0, 0.05) is 13.1 Å². The Kier molecular flexibility index (Phi) is 3.41. The summed E-state index contributed by atoms with van der Waals surface area (Å²) in [7, 11) is 0. The van der Waals surface area contributed by atoms with E-state index in [-0.39, 0.29) is 18.7 Å². The molecule has 1 aromatic rings. The van der Waals surface area contributed by atoms with Gasteiger partial charge in [-0.15, -0.1) is 0 Å². The van der Waals surface area contributed by atoms with Crippen LogP contribution < -0.4 is 10.1 Å². The van der Waals surface area contributed by atoms with Gasteiger partial charge < -0.3 is 14.8 Å². The first-order chi connectivity index (χ1) is 7.75. The van der Waals surface area contributed by atoms with E-state index in [4.69, 9.17) is 9.47 Å². The highest BCUT2D eigenvalue weighted by Gasteiger charge is 2.21. The lowest BCUT2D eigenvalue weighted by Crippen LogP contribution is -2.49. The molecule has 2 rings (SSSR count). The Morgan fingerprint density at radius 2 is 2.19 bits per heavy atom. The number of nitrogens with one attached hydrogen (secondary N) is 1. The molecule has 0 spiro atoms. The number of hydrogen-bond donors (Lipinski definition) is 1. The van der Waals surface area contributed by atoms with E-state index < -0.39 is 0 Å². The third-order valence-electron chi connectivity index (χ3n) is 2.48. The van der Waals surface area contributed by atoms with Crippen molar-refractivity contribution in [2.45, 2.75) is 13.0 Å². The zero-order valence-electron chi connectivity index (χ0n) is 9.23. The highest BCUT2D eigenvalue weighted by molar-refractivity contribution is 5.71. The number of para-hydroxylation sites is 1. The second-order valence-corrected chi connectivity index (χ2v) is 3.82. The molecule has 86 valence electrons. The Balaban J connectivity index is 1.78. The lowest BCUT2D eigenvalue weighted by molar-refractivity contribution is -0.153. The van der Waals surface area contributed by atoms with E-state index in [1.807, 2.05) is 31.2 Å². The van der Waals surface area contributed by atoms with Crippen molar-refractivity contribution in [3.05, 3.63) is 29.8 Å². The maximum Gasteiger partial charge on any atom is 0.344 e. The van der Waals surface area contributed by atoms with Gasteiger partial charge in [-0.1, -0.05) is 18.2 Å². The Hall–Kier alpha value is -1.55. The minimum absolute atomic E-state index is 0.0213. The molecule has 1 saturated heterocycles. The zero-order valence-corrected chi connectivity index (χ0v) is 9.23. The van der Waals surface area contributed by atoms with Gasteiger partial charge in [0.05, 0.1) is 0 Å². The third kappa shape index (κ3) is 2.73.